The summed E-state index contributed by atoms with van der Waals surface area (Å²) in [5.41, 5.74) is 6.34. The Bertz CT molecular complexity index is 1110. The van der Waals surface area contributed by atoms with Gasteiger partial charge < -0.3 is 19.7 Å². The number of carbonyl (C=O) groups excluding carboxylic acids is 1. The van der Waals surface area contributed by atoms with Crippen LogP contribution in [0, 0.1) is 13.8 Å². The lowest BCUT2D eigenvalue weighted by molar-refractivity contribution is -0.119. The Kier molecular flexibility index (Phi) is 5.28. The van der Waals surface area contributed by atoms with Gasteiger partial charge in [-0.2, -0.15) is 5.10 Å². The van der Waals surface area contributed by atoms with E-state index in [2.05, 4.69) is 29.3 Å². The quantitative estimate of drug-likeness (QED) is 0.701. The van der Waals surface area contributed by atoms with E-state index in [0.717, 1.165) is 53.2 Å². The van der Waals surface area contributed by atoms with Crippen molar-refractivity contribution in [3.05, 3.63) is 41.6 Å². The molecule has 0 saturated carbocycles. The van der Waals surface area contributed by atoms with Gasteiger partial charge >= 0.3 is 0 Å². The highest BCUT2D eigenvalue weighted by atomic mass is 16.5. The third-order valence-corrected chi connectivity index (χ3v) is 5.63. The van der Waals surface area contributed by atoms with Gasteiger partial charge in [0, 0.05) is 31.6 Å². The molecular weight excluding hydrogens is 380 g/mol. The summed E-state index contributed by atoms with van der Waals surface area (Å²) >= 11 is 0. The molecule has 3 aromatic rings. The van der Waals surface area contributed by atoms with E-state index in [4.69, 9.17) is 14.6 Å². The Morgan fingerprint density at radius 1 is 1.13 bits per heavy atom. The van der Waals surface area contributed by atoms with Crippen LogP contribution in [0.3, 0.4) is 0 Å². The predicted molar refractivity (Wildman–Crippen MR) is 118 cm³/mol. The maximum Gasteiger partial charge on any atom is 0.217 e. The zero-order valence-electron chi connectivity index (χ0n) is 18.2. The van der Waals surface area contributed by atoms with Gasteiger partial charge in [-0.05, 0) is 56.2 Å². The lowest BCUT2D eigenvalue weighted by atomic mass is 10.1. The van der Waals surface area contributed by atoms with Gasteiger partial charge in [-0.25, -0.2) is 4.52 Å². The van der Waals surface area contributed by atoms with E-state index in [0.29, 0.717) is 11.5 Å². The number of ether oxygens (including phenoxy) is 2. The van der Waals surface area contributed by atoms with Crippen LogP contribution in [-0.4, -0.2) is 48.9 Å². The number of amides is 1. The van der Waals surface area contributed by atoms with Crippen LogP contribution in [0.1, 0.15) is 24.6 Å². The molecule has 0 aliphatic carbocycles. The molecule has 4 rings (SSSR count). The first-order valence-corrected chi connectivity index (χ1v) is 10.2. The maximum atomic E-state index is 11.4. The van der Waals surface area contributed by atoms with Crippen molar-refractivity contribution < 1.29 is 14.3 Å². The molecule has 1 aliphatic rings. The molecule has 1 saturated heterocycles. The topological polar surface area (TPSA) is 68.1 Å². The predicted octanol–water partition coefficient (Wildman–Crippen LogP) is 3.35. The first-order chi connectivity index (χ1) is 14.4. The van der Waals surface area contributed by atoms with Crippen molar-refractivity contribution in [2.24, 2.45) is 0 Å². The van der Waals surface area contributed by atoms with Crippen molar-refractivity contribution in [1.82, 2.24) is 14.9 Å². The Morgan fingerprint density at radius 2 is 1.90 bits per heavy atom. The van der Waals surface area contributed by atoms with Gasteiger partial charge in [0.15, 0.2) is 11.5 Å². The number of fused-ring (bicyclic) bond motifs is 1. The number of benzene rings is 1. The third-order valence-electron chi connectivity index (χ3n) is 5.63. The van der Waals surface area contributed by atoms with E-state index >= 15 is 0 Å². The van der Waals surface area contributed by atoms with E-state index in [1.54, 1.807) is 21.1 Å². The summed E-state index contributed by atoms with van der Waals surface area (Å²) in [7, 11) is 3.28. The molecule has 1 aliphatic heterocycles. The largest absolute Gasteiger partial charge is 0.493 e. The van der Waals surface area contributed by atoms with Gasteiger partial charge in [-0.1, -0.05) is 0 Å². The Morgan fingerprint density at radius 3 is 2.60 bits per heavy atom. The number of hydrogen-bond acceptors (Lipinski definition) is 5. The molecule has 0 spiro atoms. The minimum absolute atomic E-state index is 0.0205. The lowest BCUT2D eigenvalue weighted by Crippen LogP contribution is -2.35. The van der Waals surface area contributed by atoms with Crippen LogP contribution in [0.5, 0.6) is 11.5 Å². The zero-order valence-corrected chi connectivity index (χ0v) is 18.2. The molecule has 0 unspecified atom stereocenters. The van der Waals surface area contributed by atoms with Crippen LogP contribution in [0.25, 0.3) is 16.8 Å². The van der Waals surface area contributed by atoms with Crippen LogP contribution < -0.4 is 19.7 Å². The molecule has 7 heteroatoms. The number of hydrogen-bond donors (Lipinski definition) is 1. The second kappa shape index (κ2) is 7.89. The first kappa shape index (κ1) is 20.1. The van der Waals surface area contributed by atoms with Gasteiger partial charge in [0.1, 0.15) is 0 Å². The number of rotatable bonds is 5. The molecule has 2 aromatic heterocycles. The van der Waals surface area contributed by atoms with Crippen molar-refractivity contribution in [2.45, 2.75) is 33.2 Å². The van der Waals surface area contributed by atoms with E-state index < -0.39 is 0 Å². The fraction of sp³-hybridized carbons (Fsp3) is 0.391. The molecule has 30 heavy (non-hydrogen) atoms. The molecule has 1 amide bonds. The summed E-state index contributed by atoms with van der Waals surface area (Å²) in [5.74, 6) is 1.41. The molecule has 158 valence electrons. The molecule has 0 bridgehead atoms. The fourth-order valence-corrected chi connectivity index (χ4v) is 4.34. The van der Waals surface area contributed by atoms with Crippen molar-refractivity contribution in [1.29, 1.82) is 0 Å². The zero-order chi connectivity index (χ0) is 21.4. The second-order valence-corrected chi connectivity index (χ2v) is 7.85. The normalized spacial score (nSPS) is 16.2. The van der Waals surface area contributed by atoms with Crippen molar-refractivity contribution in [3.63, 3.8) is 0 Å². The highest BCUT2D eigenvalue weighted by Gasteiger charge is 2.26. The van der Waals surface area contributed by atoms with Crippen molar-refractivity contribution in [2.75, 3.05) is 32.2 Å². The highest BCUT2D eigenvalue weighted by Crippen LogP contribution is 2.37. The number of carbonyl (C=O) groups is 1. The number of anilines is 1. The smallest absolute Gasteiger partial charge is 0.217 e. The molecule has 3 heterocycles. The summed E-state index contributed by atoms with van der Waals surface area (Å²) in [5, 5.41) is 7.86. The van der Waals surface area contributed by atoms with Crippen molar-refractivity contribution >= 4 is 17.1 Å². The van der Waals surface area contributed by atoms with E-state index in [-0.39, 0.29) is 11.9 Å². The summed E-state index contributed by atoms with van der Waals surface area (Å²) in [6, 6.07) is 10.4. The Hall–Kier alpha value is -3.22. The molecule has 7 nitrogen and oxygen atoms in total. The average molecular weight is 409 g/mol. The fourth-order valence-electron chi connectivity index (χ4n) is 4.34. The van der Waals surface area contributed by atoms with Crippen LogP contribution in [0.4, 0.5) is 5.69 Å². The lowest BCUT2D eigenvalue weighted by Gasteiger charge is -2.21. The van der Waals surface area contributed by atoms with E-state index in [1.807, 2.05) is 29.6 Å². The van der Waals surface area contributed by atoms with Crippen LogP contribution in [0.2, 0.25) is 0 Å². The number of aryl methyl sites for hydroxylation is 2. The van der Waals surface area contributed by atoms with Crippen LogP contribution in [-0.2, 0) is 4.79 Å². The summed E-state index contributed by atoms with van der Waals surface area (Å²) in [6.07, 6.45) is 0.940. The minimum atomic E-state index is 0.0205. The van der Waals surface area contributed by atoms with Gasteiger partial charge in [0.05, 0.1) is 36.8 Å². The third kappa shape index (κ3) is 3.56. The first-order valence-electron chi connectivity index (χ1n) is 10.2. The van der Waals surface area contributed by atoms with Crippen molar-refractivity contribution in [3.8, 4) is 22.8 Å². The molecule has 1 aromatic carbocycles. The number of nitrogens with one attached hydrogen (secondary N) is 1. The van der Waals surface area contributed by atoms with Crippen LogP contribution >= 0.6 is 0 Å². The SMILES string of the molecule is COc1ccc(-c2c(C)cc3c(N4CC[C@@H](NC(C)=O)C4)cc(C)nn23)cc1OC. The molecule has 1 atom stereocenters. The van der Waals surface area contributed by atoms with Gasteiger partial charge in [0.25, 0.3) is 0 Å². The Labute approximate surface area is 176 Å². The highest BCUT2D eigenvalue weighted by molar-refractivity contribution is 5.81. The van der Waals surface area contributed by atoms with Gasteiger partial charge in [0.2, 0.25) is 5.91 Å². The molecular formula is C23H28N4O3. The summed E-state index contributed by atoms with van der Waals surface area (Å²) in [6.45, 7) is 7.39. The number of nitrogens with zero attached hydrogens (tertiary/aromatic N) is 3. The Balaban J connectivity index is 1.79. The average Bonchev–Trinajstić information content (AvgIpc) is 3.30. The maximum absolute atomic E-state index is 11.4. The molecule has 0 radical (unpaired) electrons. The monoisotopic (exact) mass is 408 g/mol. The number of aromatic nitrogens is 2. The molecule has 1 N–H and O–H groups in total. The second-order valence-electron chi connectivity index (χ2n) is 7.85. The molecule has 1 fully saturated rings. The van der Waals surface area contributed by atoms with Gasteiger partial charge in [-0.15, -0.1) is 0 Å². The van der Waals surface area contributed by atoms with Crippen LogP contribution in [0.15, 0.2) is 30.3 Å². The standard InChI is InChI=1S/C23H28N4O3/c1-14-10-20-19(26-9-8-18(13-26)24-16(3)28)11-15(2)25-27(20)23(14)17-6-7-21(29-4)22(12-17)30-5/h6-7,10-12,18H,8-9,13H2,1-5H3,(H,24,28)/t18-/m1/s1. The van der Waals surface area contributed by atoms with E-state index in [9.17, 15) is 4.79 Å². The van der Waals surface area contributed by atoms with E-state index in [1.165, 1.54) is 0 Å². The summed E-state index contributed by atoms with van der Waals surface area (Å²) in [4.78, 5) is 13.8. The summed E-state index contributed by atoms with van der Waals surface area (Å²) < 4.78 is 12.9. The minimum Gasteiger partial charge on any atom is -0.493 e. The number of methoxy groups -OCH3 is 2. The van der Waals surface area contributed by atoms with Gasteiger partial charge in [-0.3, -0.25) is 4.79 Å².